The zero-order chi connectivity index (χ0) is 15.6. The van der Waals surface area contributed by atoms with Crippen LogP contribution in [0.3, 0.4) is 0 Å². The molecule has 0 spiro atoms. The van der Waals surface area contributed by atoms with E-state index in [0.717, 1.165) is 18.7 Å². The standard InChI is InChI=1S/C18H27N3/c1-7-8-19-18(16-10-12(2)9-13(3)11-16)17-14(4)20-21(6)15(17)5/h9-11,18-19H,7-8H2,1-6H3. The molecule has 0 radical (unpaired) electrons. The van der Waals surface area contributed by atoms with Crippen LogP contribution < -0.4 is 5.32 Å². The van der Waals surface area contributed by atoms with Crippen LogP contribution in [0, 0.1) is 27.7 Å². The summed E-state index contributed by atoms with van der Waals surface area (Å²) in [6, 6.07) is 7.01. The molecule has 1 aromatic heterocycles. The molecule has 1 unspecified atom stereocenters. The van der Waals surface area contributed by atoms with Crippen molar-refractivity contribution in [1.82, 2.24) is 15.1 Å². The van der Waals surface area contributed by atoms with E-state index in [9.17, 15) is 0 Å². The van der Waals surface area contributed by atoms with Crippen molar-refractivity contribution in [3.63, 3.8) is 0 Å². The number of nitrogens with zero attached hydrogens (tertiary/aromatic N) is 2. The summed E-state index contributed by atoms with van der Waals surface area (Å²) in [7, 11) is 2.02. The number of hydrogen-bond donors (Lipinski definition) is 1. The van der Waals surface area contributed by atoms with Crippen LogP contribution in [0.15, 0.2) is 18.2 Å². The molecule has 114 valence electrons. The van der Waals surface area contributed by atoms with Gasteiger partial charge in [0, 0.05) is 18.3 Å². The lowest BCUT2D eigenvalue weighted by atomic mass is 9.94. The van der Waals surface area contributed by atoms with Crippen LogP contribution in [0.1, 0.15) is 53.0 Å². The molecule has 1 aromatic carbocycles. The fourth-order valence-electron chi connectivity index (χ4n) is 3.06. The Morgan fingerprint density at radius 2 is 1.71 bits per heavy atom. The van der Waals surface area contributed by atoms with Gasteiger partial charge in [-0.1, -0.05) is 36.2 Å². The molecule has 3 heteroatoms. The van der Waals surface area contributed by atoms with E-state index in [1.165, 1.54) is 27.9 Å². The summed E-state index contributed by atoms with van der Waals surface area (Å²) in [6.45, 7) is 11.8. The van der Waals surface area contributed by atoms with E-state index >= 15 is 0 Å². The minimum atomic E-state index is 0.220. The summed E-state index contributed by atoms with van der Waals surface area (Å²) in [5.74, 6) is 0. The van der Waals surface area contributed by atoms with Gasteiger partial charge in [-0.25, -0.2) is 0 Å². The van der Waals surface area contributed by atoms with Gasteiger partial charge in [0.1, 0.15) is 0 Å². The van der Waals surface area contributed by atoms with Crippen LogP contribution >= 0.6 is 0 Å². The van der Waals surface area contributed by atoms with Crippen molar-refractivity contribution < 1.29 is 0 Å². The van der Waals surface area contributed by atoms with Crippen molar-refractivity contribution in [2.45, 2.75) is 47.1 Å². The first-order valence-corrected chi connectivity index (χ1v) is 7.75. The molecule has 0 fully saturated rings. The van der Waals surface area contributed by atoms with Crippen LogP contribution in [0.5, 0.6) is 0 Å². The molecule has 3 nitrogen and oxygen atoms in total. The topological polar surface area (TPSA) is 29.9 Å². The first-order chi connectivity index (χ1) is 9.93. The Bertz CT molecular complexity index is 605. The zero-order valence-corrected chi connectivity index (χ0v) is 14.1. The van der Waals surface area contributed by atoms with Crippen LogP contribution in [0.2, 0.25) is 0 Å². The Labute approximate surface area is 128 Å². The summed E-state index contributed by atoms with van der Waals surface area (Å²) in [5, 5.41) is 8.28. The van der Waals surface area contributed by atoms with E-state index in [4.69, 9.17) is 0 Å². The maximum atomic E-state index is 4.59. The van der Waals surface area contributed by atoms with E-state index in [0.29, 0.717) is 0 Å². The SMILES string of the molecule is CCCNC(c1cc(C)cc(C)c1)c1c(C)nn(C)c1C. The lowest BCUT2D eigenvalue weighted by Crippen LogP contribution is -2.24. The van der Waals surface area contributed by atoms with Crippen LogP contribution in [0.25, 0.3) is 0 Å². The van der Waals surface area contributed by atoms with Gasteiger partial charge < -0.3 is 5.32 Å². The second-order valence-corrected chi connectivity index (χ2v) is 6.02. The minimum absolute atomic E-state index is 0.220. The summed E-state index contributed by atoms with van der Waals surface area (Å²) in [4.78, 5) is 0. The van der Waals surface area contributed by atoms with Gasteiger partial charge in [0.2, 0.25) is 0 Å². The minimum Gasteiger partial charge on any atom is -0.306 e. The van der Waals surface area contributed by atoms with Gasteiger partial charge in [0.25, 0.3) is 0 Å². The number of aryl methyl sites for hydroxylation is 4. The number of nitrogens with one attached hydrogen (secondary N) is 1. The highest BCUT2D eigenvalue weighted by Crippen LogP contribution is 2.28. The van der Waals surface area contributed by atoms with E-state index in [2.05, 4.69) is 63.2 Å². The molecule has 1 atom stereocenters. The fraction of sp³-hybridized carbons (Fsp3) is 0.500. The smallest absolute Gasteiger partial charge is 0.0647 e. The number of benzene rings is 1. The molecule has 0 amide bonds. The quantitative estimate of drug-likeness (QED) is 0.907. The van der Waals surface area contributed by atoms with E-state index in [1.807, 2.05) is 11.7 Å². The third-order valence-electron chi connectivity index (χ3n) is 4.03. The molecule has 2 aromatic rings. The van der Waals surface area contributed by atoms with Crippen LogP contribution in [0.4, 0.5) is 0 Å². The Balaban J connectivity index is 2.52. The van der Waals surface area contributed by atoms with E-state index in [-0.39, 0.29) is 6.04 Å². The molecule has 1 heterocycles. The molecule has 0 saturated heterocycles. The largest absolute Gasteiger partial charge is 0.306 e. The molecular formula is C18H27N3. The first kappa shape index (κ1) is 15.8. The third-order valence-corrected chi connectivity index (χ3v) is 4.03. The second-order valence-electron chi connectivity index (χ2n) is 6.02. The van der Waals surface area contributed by atoms with Gasteiger partial charge in [-0.05, 0) is 46.2 Å². The number of hydrogen-bond acceptors (Lipinski definition) is 2. The maximum Gasteiger partial charge on any atom is 0.0647 e. The highest BCUT2D eigenvalue weighted by Gasteiger charge is 2.21. The molecule has 0 bridgehead atoms. The summed E-state index contributed by atoms with van der Waals surface area (Å²) in [6.07, 6.45) is 1.12. The maximum absolute atomic E-state index is 4.59. The molecular weight excluding hydrogens is 258 g/mol. The lowest BCUT2D eigenvalue weighted by molar-refractivity contribution is 0.592. The van der Waals surface area contributed by atoms with Crippen LogP contribution in [-0.4, -0.2) is 16.3 Å². The second kappa shape index (κ2) is 6.44. The Kier molecular flexibility index (Phi) is 4.84. The highest BCUT2D eigenvalue weighted by atomic mass is 15.3. The molecule has 0 aliphatic carbocycles. The Morgan fingerprint density at radius 1 is 1.10 bits per heavy atom. The molecule has 1 N–H and O–H groups in total. The van der Waals surface area contributed by atoms with Gasteiger partial charge in [0.05, 0.1) is 11.7 Å². The Hall–Kier alpha value is -1.61. The van der Waals surface area contributed by atoms with Gasteiger partial charge in [-0.15, -0.1) is 0 Å². The van der Waals surface area contributed by atoms with Crippen molar-refractivity contribution in [2.24, 2.45) is 7.05 Å². The summed E-state index contributed by atoms with van der Waals surface area (Å²) < 4.78 is 1.98. The molecule has 0 aliphatic heterocycles. The predicted molar refractivity (Wildman–Crippen MR) is 88.7 cm³/mol. The van der Waals surface area contributed by atoms with Gasteiger partial charge in [-0.2, -0.15) is 5.10 Å². The predicted octanol–water partition coefficient (Wildman–Crippen LogP) is 3.74. The van der Waals surface area contributed by atoms with Crippen molar-refractivity contribution in [2.75, 3.05) is 6.54 Å². The molecule has 0 aliphatic rings. The molecule has 21 heavy (non-hydrogen) atoms. The van der Waals surface area contributed by atoms with Crippen molar-refractivity contribution in [1.29, 1.82) is 0 Å². The zero-order valence-electron chi connectivity index (χ0n) is 14.1. The van der Waals surface area contributed by atoms with E-state index < -0.39 is 0 Å². The van der Waals surface area contributed by atoms with Crippen molar-refractivity contribution >= 4 is 0 Å². The fourth-order valence-corrected chi connectivity index (χ4v) is 3.06. The number of rotatable bonds is 5. The van der Waals surface area contributed by atoms with Gasteiger partial charge in [-0.3, -0.25) is 4.68 Å². The van der Waals surface area contributed by atoms with Gasteiger partial charge >= 0.3 is 0 Å². The van der Waals surface area contributed by atoms with Gasteiger partial charge in [0.15, 0.2) is 0 Å². The Morgan fingerprint density at radius 3 is 2.19 bits per heavy atom. The average molecular weight is 285 g/mol. The highest BCUT2D eigenvalue weighted by molar-refractivity contribution is 5.40. The number of aromatic nitrogens is 2. The van der Waals surface area contributed by atoms with E-state index in [1.54, 1.807) is 0 Å². The normalized spacial score (nSPS) is 12.7. The summed E-state index contributed by atoms with van der Waals surface area (Å²) >= 11 is 0. The summed E-state index contributed by atoms with van der Waals surface area (Å²) in [5.41, 5.74) is 7.62. The molecule has 0 saturated carbocycles. The third kappa shape index (κ3) is 3.35. The lowest BCUT2D eigenvalue weighted by Gasteiger charge is -2.21. The molecule has 2 rings (SSSR count). The van der Waals surface area contributed by atoms with Crippen molar-refractivity contribution in [3.05, 3.63) is 51.8 Å². The first-order valence-electron chi connectivity index (χ1n) is 7.75. The monoisotopic (exact) mass is 285 g/mol. The van der Waals surface area contributed by atoms with Crippen LogP contribution in [-0.2, 0) is 7.05 Å². The average Bonchev–Trinajstić information content (AvgIpc) is 2.64. The van der Waals surface area contributed by atoms with Crippen molar-refractivity contribution in [3.8, 4) is 0 Å².